The molecular weight excluding hydrogens is 1340 g/mol. The molecule has 7 aromatic rings. The molecular formula is C87H125O9P5. The fourth-order valence-electron chi connectivity index (χ4n) is 11.4. The summed E-state index contributed by atoms with van der Waals surface area (Å²) >= 11 is 0. The van der Waals surface area contributed by atoms with Gasteiger partial charge in [0.2, 0.25) is 0 Å². The van der Waals surface area contributed by atoms with Gasteiger partial charge in [-0.05, 0) is 123 Å². The molecule has 0 radical (unpaired) electrons. The van der Waals surface area contributed by atoms with E-state index in [1.807, 2.05) is 0 Å². The lowest BCUT2D eigenvalue weighted by Crippen LogP contribution is -2.45. The van der Waals surface area contributed by atoms with E-state index in [1.54, 1.807) is 0 Å². The first kappa shape index (κ1) is 83.8. The molecule has 9 rings (SSSR count). The average Bonchev–Trinajstić information content (AvgIpc) is 0.795. The van der Waals surface area contributed by atoms with Crippen molar-refractivity contribution in [2.75, 3.05) is 26.4 Å². The largest absolute Gasteiger partial charge is 0.480 e. The van der Waals surface area contributed by atoms with Gasteiger partial charge in [-0.3, -0.25) is 0 Å². The summed E-state index contributed by atoms with van der Waals surface area (Å²) in [5.41, 5.74) is 15.2. The molecule has 2 saturated heterocycles. The highest BCUT2D eigenvalue weighted by molar-refractivity contribution is 7.43. The minimum absolute atomic E-state index is 0.00840. The third-order valence-electron chi connectivity index (χ3n) is 18.3. The Labute approximate surface area is 620 Å². The highest BCUT2D eigenvalue weighted by atomic mass is 31.2. The fourth-order valence-corrected chi connectivity index (χ4v) is 15.5. The number of hydrogen-bond acceptors (Lipinski definition) is 9. The van der Waals surface area contributed by atoms with Gasteiger partial charge >= 0.3 is 17.2 Å². The highest BCUT2D eigenvalue weighted by Gasteiger charge is 2.46. The molecule has 0 saturated carbocycles. The molecule has 0 N–H and O–H groups in total. The topological polar surface area (TPSA) is 83.1 Å². The van der Waals surface area contributed by atoms with E-state index in [4.69, 9.17) is 40.7 Å². The zero-order valence-electron chi connectivity index (χ0n) is 67.3. The Morgan fingerprint density at radius 3 is 0.733 bits per heavy atom. The van der Waals surface area contributed by atoms with Crippen LogP contribution in [0.5, 0.6) is 28.7 Å². The van der Waals surface area contributed by atoms with Gasteiger partial charge in [-0.1, -0.05) is 317 Å². The van der Waals surface area contributed by atoms with Gasteiger partial charge in [0, 0.05) is 38.4 Å². The van der Waals surface area contributed by atoms with E-state index in [0.29, 0.717) is 26.4 Å². The normalized spacial score (nSPS) is 17.7. The maximum atomic E-state index is 6.41. The molecule has 2 aliphatic heterocycles. The molecule has 9 nitrogen and oxygen atoms in total. The summed E-state index contributed by atoms with van der Waals surface area (Å²) in [5, 5.41) is 2.37. The van der Waals surface area contributed by atoms with Crippen molar-refractivity contribution >= 4 is 54.9 Å². The lowest BCUT2D eigenvalue weighted by molar-refractivity contribution is -0.0673. The molecule has 0 bridgehead atoms. The van der Waals surface area contributed by atoms with Crippen LogP contribution in [0, 0.1) is 5.41 Å². The summed E-state index contributed by atoms with van der Waals surface area (Å²) in [6.45, 7) is 68.8. The summed E-state index contributed by atoms with van der Waals surface area (Å²) in [7, 11) is -0.197. The standard InChI is InChI=1S/C40H52O2P2.C33H50O6P2.C14H23OP/c1-37(2,3)29-17-23-35(33(25-29)39(7,8)9)41-43-31-19-13-27(14-20-31)28-15-21-32(22-16-28)44-42-36-24-18-30(38(4,5)6)26-34(36)40(10,11)12;1-29(2,3)23-13-15-27(25(17-23)31(7,8)9)38-40-34-19-33(20-35-40)21-36-41(37-22-33)39-28-16-14-24(30(4,5)6)18-26(28)32(10,11)12;1-13(2,3)10-7-8-12(15-16)11(9-10)14(4,5)6/h13-26,43-44H,1-12H3;13-18H,19-22H2,1-12H3;7-9H,16H2,1-6H3. The first-order chi connectivity index (χ1) is 46.2. The Morgan fingerprint density at radius 2 is 0.505 bits per heavy atom. The van der Waals surface area contributed by atoms with Gasteiger partial charge in [-0.2, -0.15) is 0 Å². The summed E-state index contributed by atoms with van der Waals surface area (Å²) < 4.78 is 55.3. The molecule has 7 aromatic carbocycles. The van der Waals surface area contributed by atoms with Gasteiger partial charge in [0.05, 0.1) is 41.3 Å². The molecule has 0 amide bonds. The van der Waals surface area contributed by atoms with Gasteiger partial charge < -0.3 is 40.7 Å². The molecule has 552 valence electrons. The number of benzene rings is 7. The van der Waals surface area contributed by atoms with Crippen LogP contribution in [0.25, 0.3) is 11.1 Å². The molecule has 2 fully saturated rings. The van der Waals surface area contributed by atoms with E-state index >= 15 is 0 Å². The van der Waals surface area contributed by atoms with Crippen LogP contribution < -0.4 is 33.2 Å². The summed E-state index contributed by atoms with van der Waals surface area (Å²) in [6, 6.07) is 50.2. The Balaban J connectivity index is 0.000000234. The maximum Gasteiger partial charge on any atom is 0.397 e. The summed E-state index contributed by atoms with van der Waals surface area (Å²) in [6.07, 6.45) is 0. The molecule has 0 aliphatic carbocycles. The fraction of sp³-hybridized carbons (Fsp3) is 0.517. The van der Waals surface area contributed by atoms with Gasteiger partial charge in [0.1, 0.15) is 46.4 Å². The lowest BCUT2D eigenvalue weighted by Gasteiger charge is -2.41. The Morgan fingerprint density at radius 1 is 0.287 bits per heavy atom. The molecule has 0 aromatic heterocycles. The van der Waals surface area contributed by atoms with Crippen molar-refractivity contribution in [2.24, 2.45) is 5.41 Å². The third-order valence-corrected chi connectivity index (χ3v) is 22.4. The van der Waals surface area contributed by atoms with E-state index in [0.717, 1.165) is 39.9 Å². The maximum absolute atomic E-state index is 6.41. The van der Waals surface area contributed by atoms with Crippen molar-refractivity contribution in [1.82, 2.24) is 0 Å². The highest BCUT2D eigenvalue weighted by Crippen LogP contribution is 2.55. The molecule has 3 unspecified atom stereocenters. The van der Waals surface area contributed by atoms with Crippen LogP contribution in [0.3, 0.4) is 0 Å². The van der Waals surface area contributed by atoms with Crippen molar-refractivity contribution in [3.05, 3.63) is 195 Å². The second-order valence-corrected chi connectivity index (χ2v) is 42.5. The smallest absolute Gasteiger partial charge is 0.397 e. The zero-order chi connectivity index (χ0) is 75.5. The van der Waals surface area contributed by atoms with Crippen LogP contribution in [0.1, 0.15) is 263 Å². The predicted molar refractivity (Wildman–Crippen MR) is 440 cm³/mol. The zero-order valence-corrected chi connectivity index (χ0v) is 72.2. The second-order valence-electron chi connectivity index (χ2n) is 38.0. The van der Waals surface area contributed by atoms with Gasteiger partial charge in [0.25, 0.3) is 0 Å². The second kappa shape index (κ2) is 32.3. The third kappa shape index (κ3) is 23.5. The van der Waals surface area contributed by atoms with Crippen molar-refractivity contribution in [1.29, 1.82) is 0 Å². The molecule has 101 heavy (non-hydrogen) atoms. The van der Waals surface area contributed by atoms with Crippen LogP contribution in [0.15, 0.2) is 140 Å². The van der Waals surface area contributed by atoms with Crippen molar-refractivity contribution < 1.29 is 40.7 Å². The minimum atomic E-state index is -1.52. The Hall–Kier alpha value is -4.47. The SMILES string of the molecule is CC(C)(C)c1ccc(OP)c(C(C)(C)C)c1.CC(C)(C)c1ccc(OP2OCC3(CO2)COP(Oc2ccc(C(C)(C)C)cc2C(C)(C)C)OC3)c(C(C)(C)C)c1.CC(C)(C)c1ccc(OPc2ccc(-c3ccc(POc4ccc(C(C)(C)C)cc4C(C)(C)C)cc3)cc2)c(C(C)(C)C)c1. The van der Waals surface area contributed by atoms with Crippen LogP contribution in [-0.2, 0) is 72.2 Å². The lowest BCUT2D eigenvalue weighted by atomic mass is 9.80. The van der Waals surface area contributed by atoms with E-state index < -0.39 is 17.2 Å². The molecule has 3 atom stereocenters. The van der Waals surface area contributed by atoms with Gasteiger partial charge in [-0.25, -0.2) is 0 Å². The van der Waals surface area contributed by atoms with Crippen LogP contribution in [0.4, 0.5) is 0 Å². The first-order valence-corrected chi connectivity index (χ1v) is 40.4. The van der Waals surface area contributed by atoms with Crippen LogP contribution in [0.2, 0.25) is 0 Å². The number of rotatable bonds is 12. The summed E-state index contributed by atoms with van der Waals surface area (Å²) in [5.74, 6) is 4.53. The average molecular weight is 1470 g/mol. The summed E-state index contributed by atoms with van der Waals surface area (Å²) in [4.78, 5) is 0. The number of hydrogen-bond donors (Lipinski definition) is 0. The van der Waals surface area contributed by atoms with Crippen LogP contribution >= 0.6 is 44.3 Å². The van der Waals surface area contributed by atoms with Gasteiger partial charge in [0.15, 0.2) is 0 Å². The molecule has 1 spiro atoms. The van der Waals surface area contributed by atoms with Crippen molar-refractivity contribution in [2.45, 2.75) is 262 Å². The monoisotopic (exact) mass is 1470 g/mol. The van der Waals surface area contributed by atoms with Crippen molar-refractivity contribution in [3.63, 3.8) is 0 Å². The van der Waals surface area contributed by atoms with E-state index in [2.05, 4.69) is 357 Å². The van der Waals surface area contributed by atoms with Crippen molar-refractivity contribution in [3.8, 4) is 39.9 Å². The Bertz CT molecular complexity index is 3650. The van der Waals surface area contributed by atoms with Crippen LogP contribution in [-0.4, -0.2) is 26.4 Å². The quantitative estimate of drug-likeness (QED) is 0.111. The van der Waals surface area contributed by atoms with E-state index in [-0.39, 0.29) is 77.2 Å². The Kier molecular flexibility index (Phi) is 26.8. The van der Waals surface area contributed by atoms with E-state index in [9.17, 15) is 0 Å². The predicted octanol–water partition coefficient (Wildman–Crippen LogP) is 25.5. The molecule has 14 heteroatoms. The van der Waals surface area contributed by atoms with Gasteiger partial charge in [-0.15, -0.1) is 0 Å². The first-order valence-electron chi connectivity index (χ1n) is 35.9. The molecule has 2 aliphatic rings. The molecule has 2 heterocycles. The van der Waals surface area contributed by atoms with E-state index in [1.165, 1.54) is 66.2 Å². The minimum Gasteiger partial charge on any atom is -0.480 e.